The van der Waals surface area contributed by atoms with E-state index < -0.39 is 0 Å². The number of benzene rings is 1. The van der Waals surface area contributed by atoms with Gasteiger partial charge in [-0.2, -0.15) is 4.68 Å². The summed E-state index contributed by atoms with van der Waals surface area (Å²) in [6, 6.07) is 8.09. The second-order valence-electron chi connectivity index (χ2n) is 4.95. The van der Waals surface area contributed by atoms with Crippen LogP contribution in [0.15, 0.2) is 36.7 Å². The van der Waals surface area contributed by atoms with Crippen molar-refractivity contribution < 1.29 is 0 Å². The molecule has 0 radical (unpaired) electrons. The lowest BCUT2D eigenvalue weighted by Gasteiger charge is -2.15. The van der Waals surface area contributed by atoms with Crippen LogP contribution < -0.4 is 5.32 Å². The number of anilines is 1. The van der Waals surface area contributed by atoms with Crippen molar-refractivity contribution in [1.82, 2.24) is 29.8 Å². The van der Waals surface area contributed by atoms with Gasteiger partial charge in [0.25, 0.3) is 0 Å². The Morgan fingerprint density at radius 2 is 2.14 bits per heavy atom. The molecule has 0 fully saturated rings. The highest BCUT2D eigenvalue weighted by Gasteiger charge is 2.11. The molecule has 0 spiro atoms. The number of imidazole rings is 1. The van der Waals surface area contributed by atoms with Gasteiger partial charge in [0.1, 0.15) is 5.82 Å². The average Bonchev–Trinajstić information content (AvgIpc) is 3.07. The van der Waals surface area contributed by atoms with Crippen LogP contribution >= 0.6 is 0 Å². The predicted molar refractivity (Wildman–Crippen MR) is 79.1 cm³/mol. The van der Waals surface area contributed by atoms with Crippen LogP contribution in [-0.4, -0.2) is 29.8 Å². The zero-order valence-corrected chi connectivity index (χ0v) is 12.2. The van der Waals surface area contributed by atoms with Crippen molar-refractivity contribution in [2.24, 2.45) is 7.05 Å². The molecule has 2 heterocycles. The lowest BCUT2D eigenvalue weighted by molar-refractivity contribution is 0.721. The fraction of sp³-hybridized carbons (Fsp3) is 0.286. The number of aryl methyl sites for hydroxylation is 2. The molecule has 1 unspecified atom stereocenters. The summed E-state index contributed by atoms with van der Waals surface area (Å²) in [5, 5.41) is 15.0. The number of hydrogen-bond donors (Lipinski definition) is 1. The highest BCUT2D eigenvalue weighted by molar-refractivity contribution is 5.51. The van der Waals surface area contributed by atoms with E-state index in [0.29, 0.717) is 0 Å². The van der Waals surface area contributed by atoms with Gasteiger partial charge in [-0.15, -0.1) is 5.10 Å². The van der Waals surface area contributed by atoms with Crippen molar-refractivity contribution >= 4 is 5.69 Å². The fourth-order valence-electron chi connectivity index (χ4n) is 2.31. The Kier molecular flexibility index (Phi) is 3.39. The Balaban J connectivity index is 1.84. The summed E-state index contributed by atoms with van der Waals surface area (Å²) in [6.07, 6.45) is 3.74. The largest absolute Gasteiger partial charge is 0.375 e. The SMILES string of the molecule is Cc1nnnn1-c1cccc(NC(C)c2nccn2C)c1. The summed E-state index contributed by atoms with van der Waals surface area (Å²) in [7, 11) is 1.99. The third kappa shape index (κ3) is 2.62. The van der Waals surface area contributed by atoms with Crippen molar-refractivity contribution in [2.45, 2.75) is 19.9 Å². The normalized spacial score (nSPS) is 12.3. The van der Waals surface area contributed by atoms with Crippen LogP contribution in [0.4, 0.5) is 5.69 Å². The molecule has 0 aliphatic heterocycles. The number of aromatic nitrogens is 6. The molecule has 1 N–H and O–H groups in total. The standard InChI is InChI=1S/C14H17N7/c1-10(14-15-7-8-20(14)3)16-12-5-4-6-13(9-12)21-11(2)17-18-19-21/h4-10,16H,1-3H3. The van der Waals surface area contributed by atoms with Gasteiger partial charge in [-0.05, 0) is 42.5 Å². The quantitative estimate of drug-likeness (QED) is 0.791. The van der Waals surface area contributed by atoms with Gasteiger partial charge >= 0.3 is 0 Å². The number of hydrogen-bond acceptors (Lipinski definition) is 5. The van der Waals surface area contributed by atoms with Gasteiger partial charge in [0.2, 0.25) is 0 Å². The second kappa shape index (κ2) is 5.35. The Morgan fingerprint density at radius 3 is 2.81 bits per heavy atom. The maximum atomic E-state index is 4.36. The van der Waals surface area contributed by atoms with Gasteiger partial charge in [0.05, 0.1) is 11.7 Å². The number of nitrogens with zero attached hydrogens (tertiary/aromatic N) is 6. The van der Waals surface area contributed by atoms with Crippen molar-refractivity contribution in [3.05, 3.63) is 48.3 Å². The molecule has 1 atom stereocenters. The second-order valence-corrected chi connectivity index (χ2v) is 4.95. The minimum Gasteiger partial charge on any atom is -0.375 e. The Labute approximate surface area is 122 Å². The van der Waals surface area contributed by atoms with E-state index >= 15 is 0 Å². The molecule has 7 heteroatoms. The highest BCUT2D eigenvalue weighted by atomic mass is 15.5. The van der Waals surface area contributed by atoms with Crippen molar-refractivity contribution in [3.8, 4) is 5.69 Å². The van der Waals surface area contributed by atoms with E-state index in [2.05, 4.69) is 32.7 Å². The van der Waals surface area contributed by atoms with Gasteiger partial charge in [-0.3, -0.25) is 0 Å². The Hall–Kier alpha value is -2.70. The van der Waals surface area contributed by atoms with Crippen LogP contribution in [-0.2, 0) is 7.05 Å². The maximum absolute atomic E-state index is 4.36. The van der Waals surface area contributed by atoms with Crippen molar-refractivity contribution in [1.29, 1.82) is 0 Å². The fourth-order valence-corrected chi connectivity index (χ4v) is 2.31. The smallest absolute Gasteiger partial charge is 0.153 e. The van der Waals surface area contributed by atoms with E-state index in [1.807, 2.05) is 49.0 Å². The van der Waals surface area contributed by atoms with Crippen LogP contribution in [0.1, 0.15) is 24.6 Å². The van der Waals surface area contributed by atoms with E-state index in [0.717, 1.165) is 23.0 Å². The minimum atomic E-state index is 0.107. The molecular formula is C14H17N7. The van der Waals surface area contributed by atoms with Gasteiger partial charge in [0.15, 0.2) is 5.82 Å². The molecule has 0 aliphatic rings. The van der Waals surface area contributed by atoms with Crippen molar-refractivity contribution in [2.75, 3.05) is 5.32 Å². The van der Waals surface area contributed by atoms with Crippen LogP contribution in [0.3, 0.4) is 0 Å². The van der Waals surface area contributed by atoms with Crippen LogP contribution in [0.25, 0.3) is 5.69 Å². The molecular weight excluding hydrogens is 266 g/mol. The predicted octanol–water partition coefficient (Wildman–Crippen LogP) is 1.88. The number of nitrogens with one attached hydrogen (secondary N) is 1. The van der Waals surface area contributed by atoms with Crippen LogP contribution in [0.2, 0.25) is 0 Å². The Morgan fingerprint density at radius 1 is 1.29 bits per heavy atom. The summed E-state index contributed by atoms with van der Waals surface area (Å²) >= 11 is 0. The van der Waals surface area contributed by atoms with Gasteiger partial charge in [-0.25, -0.2) is 4.98 Å². The molecule has 21 heavy (non-hydrogen) atoms. The molecule has 0 bridgehead atoms. The summed E-state index contributed by atoms with van der Waals surface area (Å²) < 4.78 is 3.71. The molecule has 3 rings (SSSR count). The van der Waals surface area contributed by atoms with Crippen LogP contribution in [0.5, 0.6) is 0 Å². The first kappa shape index (κ1) is 13.3. The first-order valence-electron chi connectivity index (χ1n) is 6.74. The molecule has 108 valence electrons. The van der Waals surface area contributed by atoms with Crippen molar-refractivity contribution in [3.63, 3.8) is 0 Å². The lowest BCUT2D eigenvalue weighted by Crippen LogP contribution is -2.12. The molecule has 0 aliphatic carbocycles. The zero-order valence-electron chi connectivity index (χ0n) is 12.2. The monoisotopic (exact) mass is 283 g/mol. The van der Waals surface area contributed by atoms with Gasteiger partial charge in [0, 0.05) is 25.1 Å². The summed E-state index contributed by atoms with van der Waals surface area (Å²) in [5.74, 6) is 1.74. The third-order valence-electron chi connectivity index (χ3n) is 3.35. The van der Waals surface area contributed by atoms with E-state index in [-0.39, 0.29) is 6.04 Å². The highest BCUT2D eigenvalue weighted by Crippen LogP contribution is 2.20. The van der Waals surface area contributed by atoms with Gasteiger partial charge in [-0.1, -0.05) is 6.07 Å². The molecule has 3 aromatic rings. The maximum Gasteiger partial charge on any atom is 0.153 e. The molecule has 0 amide bonds. The topological polar surface area (TPSA) is 73.5 Å². The lowest BCUT2D eigenvalue weighted by atomic mass is 10.2. The molecule has 1 aromatic carbocycles. The van der Waals surface area contributed by atoms with E-state index in [1.165, 1.54) is 0 Å². The molecule has 0 saturated heterocycles. The summed E-state index contributed by atoms with van der Waals surface area (Å²) in [5.41, 5.74) is 1.92. The molecule has 7 nitrogen and oxygen atoms in total. The first-order chi connectivity index (χ1) is 10.1. The summed E-state index contributed by atoms with van der Waals surface area (Å²) in [4.78, 5) is 4.36. The molecule has 2 aromatic heterocycles. The Bertz CT molecular complexity index is 743. The number of tetrazole rings is 1. The van der Waals surface area contributed by atoms with E-state index in [4.69, 9.17) is 0 Å². The van der Waals surface area contributed by atoms with E-state index in [1.54, 1.807) is 10.9 Å². The van der Waals surface area contributed by atoms with Crippen LogP contribution in [0, 0.1) is 6.92 Å². The van der Waals surface area contributed by atoms with Gasteiger partial charge < -0.3 is 9.88 Å². The average molecular weight is 283 g/mol. The summed E-state index contributed by atoms with van der Waals surface area (Å²) in [6.45, 7) is 3.95. The molecule has 0 saturated carbocycles. The minimum absolute atomic E-state index is 0.107. The number of rotatable bonds is 4. The van der Waals surface area contributed by atoms with E-state index in [9.17, 15) is 0 Å². The zero-order chi connectivity index (χ0) is 14.8. The first-order valence-corrected chi connectivity index (χ1v) is 6.74. The third-order valence-corrected chi connectivity index (χ3v) is 3.35.